The molecule has 130 valence electrons. The SMILES string of the molecule is CC(NC(=O)CNC(=O)CNC(=O)C(N)CCC(=O)O)C(=O)O. The van der Waals surface area contributed by atoms with Crippen LogP contribution in [0.1, 0.15) is 19.8 Å². The van der Waals surface area contributed by atoms with Crippen LogP contribution in [0.15, 0.2) is 0 Å². The van der Waals surface area contributed by atoms with Crippen molar-refractivity contribution in [1.82, 2.24) is 16.0 Å². The topological polar surface area (TPSA) is 188 Å². The van der Waals surface area contributed by atoms with Gasteiger partial charge in [0.25, 0.3) is 0 Å². The maximum absolute atomic E-state index is 11.5. The highest BCUT2D eigenvalue weighted by molar-refractivity contribution is 5.90. The van der Waals surface area contributed by atoms with Crippen molar-refractivity contribution in [3.05, 3.63) is 0 Å². The molecule has 0 saturated heterocycles. The Balaban J connectivity index is 3.98. The summed E-state index contributed by atoms with van der Waals surface area (Å²) in [7, 11) is 0. The minimum Gasteiger partial charge on any atom is -0.481 e. The first-order valence-electron chi connectivity index (χ1n) is 6.67. The molecule has 0 heterocycles. The van der Waals surface area contributed by atoms with E-state index in [1.807, 2.05) is 0 Å². The maximum atomic E-state index is 11.5. The summed E-state index contributed by atoms with van der Waals surface area (Å²) in [6.07, 6.45) is -0.346. The number of rotatable bonds is 10. The quantitative estimate of drug-likeness (QED) is 0.244. The second-order valence-corrected chi connectivity index (χ2v) is 4.66. The summed E-state index contributed by atoms with van der Waals surface area (Å²) < 4.78 is 0. The van der Waals surface area contributed by atoms with Gasteiger partial charge in [0.15, 0.2) is 0 Å². The molecular weight excluding hydrogens is 312 g/mol. The molecule has 2 atom stereocenters. The van der Waals surface area contributed by atoms with Crippen LogP contribution >= 0.6 is 0 Å². The second kappa shape index (κ2) is 10.1. The fraction of sp³-hybridized carbons (Fsp3) is 0.583. The molecule has 0 radical (unpaired) electrons. The summed E-state index contributed by atoms with van der Waals surface area (Å²) >= 11 is 0. The van der Waals surface area contributed by atoms with Gasteiger partial charge in [0.1, 0.15) is 6.04 Å². The van der Waals surface area contributed by atoms with Crippen molar-refractivity contribution in [2.75, 3.05) is 13.1 Å². The summed E-state index contributed by atoms with van der Waals surface area (Å²) in [5, 5.41) is 23.5. The van der Waals surface area contributed by atoms with Gasteiger partial charge in [0, 0.05) is 6.42 Å². The molecule has 0 rings (SSSR count). The first kappa shape index (κ1) is 20.3. The first-order chi connectivity index (χ1) is 10.6. The molecule has 2 unspecified atom stereocenters. The lowest BCUT2D eigenvalue weighted by atomic mass is 10.1. The van der Waals surface area contributed by atoms with Gasteiger partial charge in [-0.25, -0.2) is 0 Å². The lowest BCUT2D eigenvalue weighted by Gasteiger charge is -2.12. The Morgan fingerprint density at radius 2 is 1.57 bits per heavy atom. The molecule has 0 spiro atoms. The van der Waals surface area contributed by atoms with Crippen LogP contribution in [-0.2, 0) is 24.0 Å². The Morgan fingerprint density at radius 3 is 2.09 bits per heavy atom. The van der Waals surface area contributed by atoms with Crippen LogP contribution in [0.5, 0.6) is 0 Å². The van der Waals surface area contributed by atoms with E-state index in [1.165, 1.54) is 6.92 Å². The molecule has 0 saturated carbocycles. The van der Waals surface area contributed by atoms with Crippen LogP contribution in [-0.4, -0.2) is 65.0 Å². The number of carbonyl (C=O) groups is 5. The lowest BCUT2D eigenvalue weighted by Crippen LogP contribution is -2.48. The normalized spacial score (nSPS) is 12.6. The Kier molecular flexibility index (Phi) is 8.92. The molecule has 3 amide bonds. The largest absolute Gasteiger partial charge is 0.481 e. The smallest absolute Gasteiger partial charge is 0.325 e. The van der Waals surface area contributed by atoms with Crippen LogP contribution in [0.3, 0.4) is 0 Å². The zero-order chi connectivity index (χ0) is 18.0. The molecule has 0 aromatic rings. The number of hydrogen-bond donors (Lipinski definition) is 6. The Morgan fingerprint density at radius 1 is 1.00 bits per heavy atom. The molecule has 11 nitrogen and oxygen atoms in total. The van der Waals surface area contributed by atoms with E-state index in [-0.39, 0.29) is 12.8 Å². The molecule has 0 aliphatic heterocycles. The van der Waals surface area contributed by atoms with Crippen molar-refractivity contribution in [3.63, 3.8) is 0 Å². The van der Waals surface area contributed by atoms with Crippen molar-refractivity contribution in [3.8, 4) is 0 Å². The Bertz CT molecular complexity index is 480. The number of nitrogens with two attached hydrogens (primary N) is 1. The summed E-state index contributed by atoms with van der Waals surface area (Å²) in [4.78, 5) is 55.0. The third-order valence-corrected chi connectivity index (χ3v) is 2.62. The van der Waals surface area contributed by atoms with Gasteiger partial charge in [0.2, 0.25) is 17.7 Å². The summed E-state index contributed by atoms with van der Waals surface area (Å²) in [5.74, 6) is -4.37. The van der Waals surface area contributed by atoms with Crippen molar-refractivity contribution in [2.45, 2.75) is 31.8 Å². The van der Waals surface area contributed by atoms with Gasteiger partial charge in [0.05, 0.1) is 19.1 Å². The Hall–Kier alpha value is -2.69. The molecule has 7 N–H and O–H groups in total. The molecule has 23 heavy (non-hydrogen) atoms. The van der Waals surface area contributed by atoms with Gasteiger partial charge in [-0.15, -0.1) is 0 Å². The Labute approximate surface area is 131 Å². The van der Waals surface area contributed by atoms with E-state index in [1.54, 1.807) is 0 Å². The van der Waals surface area contributed by atoms with Gasteiger partial charge in [-0.2, -0.15) is 0 Å². The summed E-state index contributed by atoms with van der Waals surface area (Å²) in [6.45, 7) is 0.375. The highest BCUT2D eigenvalue weighted by atomic mass is 16.4. The molecule has 0 aromatic heterocycles. The maximum Gasteiger partial charge on any atom is 0.325 e. The lowest BCUT2D eigenvalue weighted by molar-refractivity contribution is -0.141. The molecule has 0 aromatic carbocycles. The first-order valence-corrected chi connectivity index (χ1v) is 6.67. The van der Waals surface area contributed by atoms with Gasteiger partial charge < -0.3 is 31.9 Å². The third kappa shape index (κ3) is 9.79. The van der Waals surface area contributed by atoms with Crippen LogP contribution in [0.4, 0.5) is 0 Å². The summed E-state index contributed by atoms with van der Waals surface area (Å²) in [5.41, 5.74) is 5.43. The van der Waals surface area contributed by atoms with Crippen LogP contribution in [0.2, 0.25) is 0 Å². The van der Waals surface area contributed by atoms with Gasteiger partial charge in [-0.3, -0.25) is 24.0 Å². The number of carbonyl (C=O) groups excluding carboxylic acids is 3. The standard InChI is InChI=1S/C12H20N4O7/c1-6(12(22)23)16-9(18)5-14-8(17)4-15-11(21)7(13)2-3-10(19)20/h6-7H,2-5,13H2,1H3,(H,14,17)(H,15,21)(H,16,18)(H,19,20)(H,22,23). The van der Waals surface area contributed by atoms with E-state index >= 15 is 0 Å². The zero-order valence-corrected chi connectivity index (χ0v) is 12.5. The number of nitrogens with one attached hydrogen (secondary N) is 3. The van der Waals surface area contributed by atoms with Crippen molar-refractivity contribution in [2.24, 2.45) is 5.73 Å². The average molecular weight is 332 g/mol. The molecule has 0 bridgehead atoms. The zero-order valence-electron chi connectivity index (χ0n) is 12.5. The predicted octanol–water partition coefficient (Wildman–Crippen LogP) is -3.00. The number of amides is 3. The molecule has 0 fully saturated rings. The second-order valence-electron chi connectivity index (χ2n) is 4.66. The van der Waals surface area contributed by atoms with Crippen molar-refractivity contribution in [1.29, 1.82) is 0 Å². The van der Waals surface area contributed by atoms with E-state index in [9.17, 15) is 24.0 Å². The number of aliphatic carboxylic acids is 2. The molecule has 0 aliphatic rings. The fourth-order valence-electron chi connectivity index (χ4n) is 1.30. The minimum atomic E-state index is -1.22. The number of carboxylic acid groups (broad SMARTS) is 2. The molecule has 0 aliphatic carbocycles. The monoisotopic (exact) mass is 332 g/mol. The van der Waals surface area contributed by atoms with Gasteiger partial charge >= 0.3 is 11.9 Å². The average Bonchev–Trinajstić information content (AvgIpc) is 2.47. The van der Waals surface area contributed by atoms with Gasteiger partial charge in [-0.05, 0) is 13.3 Å². The molecular formula is C12H20N4O7. The number of carboxylic acids is 2. The fourth-order valence-corrected chi connectivity index (χ4v) is 1.30. The van der Waals surface area contributed by atoms with Gasteiger partial charge in [-0.1, -0.05) is 0 Å². The van der Waals surface area contributed by atoms with E-state index in [4.69, 9.17) is 15.9 Å². The third-order valence-electron chi connectivity index (χ3n) is 2.62. The van der Waals surface area contributed by atoms with Crippen LogP contribution in [0.25, 0.3) is 0 Å². The van der Waals surface area contributed by atoms with Crippen molar-refractivity contribution >= 4 is 29.7 Å². The van der Waals surface area contributed by atoms with E-state index < -0.39 is 54.8 Å². The molecule has 11 heteroatoms. The highest BCUT2D eigenvalue weighted by Gasteiger charge is 2.17. The van der Waals surface area contributed by atoms with Crippen LogP contribution in [0, 0.1) is 0 Å². The predicted molar refractivity (Wildman–Crippen MR) is 76.1 cm³/mol. The van der Waals surface area contributed by atoms with E-state index in [2.05, 4.69) is 16.0 Å². The highest BCUT2D eigenvalue weighted by Crippen LogP contribution is 1.94. The van der Waals surface area contributed by atoms with E-state index in [0.29, 0.717) is 0 Å². The minimum absolute atomic E-state index is 0.0712. The van der Waals surface area contributed by atoms with Crippen LogP contribution < -0.4 is 21.7 Å². The summed E-state index contributed by atoms with van der Waals surface area (Å²) in [6, 6.07) is -2.15. The van der Waals surface area contributed by atoms with Crippen molar-refractivity contribution < 1.29 is 34.2 Å². The number of hydrogen-bond acceptors (Lipinski definition) is 6. The van der Waals surface area contributed by atoms with E-state index in [0.717, 1.165) is 0 Å².